The number of hydrogen-bond donors (Lipinski definition) is 2. The predicted molar refractivity (Wildman–Crippen MR) is 177 cm³/mol. The van der Waals surface area contributed by atoms with Gasteiger partial charge in [-0.3, -0.25) is 4.79 Å². The topological polar surface area (TPSA) is 80.2 Å². The molecular formula is C33H28Br2Cl2N2O4. The smallest absolute Gasteiger partial charge is 0.252 e. The van der Waals surface area contributed by atoms with E-state index in [1.54, 1.807) is 18.2 Å². The Labute approximate surface area is 277 Å². The molecule has 43 heavy (non-hydrogen) atoms. The molecule has 222 valence electrons. The van der Waals surface area contributed by atoms with Crippen molar-refractivity contribution in [2.45, 2.75) is 31.0 Å². The molecule has 0 saturated carbocycles. The average Bonchev–Trinajstić information content (AvgIpc) is 3.39. The second-order valence-electron chi connectivity index (χ2n) is 10.1. The second-order valence-corrected chi connectivity index (χ2v) is 12.7. The molecule has 1 aliphatic heterocycles. The van der Waals surface area contributed by atoms with Crippen molar-refractivity contribution in [3.8, 4) is 5.75 Å². The zero-order valence-electron chi connectivity index (χ0n) is 22.9. The Hall–Kier alpha value is -2.88. The molecule has 4 aromatic carbocycles. The molecule has 0 fully saturated rings. The number of benzene rings is 4. The molecule has 0 saturated heterocycles. The van der Waals surface area contributed by atoms with Crippen LogP contribution < -0.4 is 10.1 Å². The zero-order chi connectivity index (χ0) is 30.4. The minimum Gasteiger partial charge on any atom is -0.494 e. The van der Waals surface area contributed by atoms with Crippen LogP contribution in [0.2, 0.25) is 10.0 Å². The van der Waals surface area contributed by atoms with Crippen LogP contribution in [0.3, 0.4) is 0 Å². The van der Waals surface area contributed by atoms with E-state index >= 15 is 0 Å². The molecule has 1 amide bonds. The maximum absolute atomic E-state index is 14.4. The third-order valence-electron chi connectivity index (χ3n) is 7.04. The van der Waals surface area contributed by atoms with Gasteiger partial charge in [0.2, 0.25) is 5.90 Å². The fourth-order valence-corrected chi connectivity index (χ4v) is 5.83. The van der Waals surface area contributed by atoms with Crippen molar-refractivity contribution in [1.82, 2.24) is 5.32 Å². The van der Waals surface area contributed by atoms with Gasteiger partial charge in [0, 0.05) is 50.5 Å². The molecule has 5 rings (SSSR count). The van der Waals surface area contributed by atoms with Crippen LogP contribution in [-0.2, 0) is 22.5 Å². The van der Waals surface area contributed by atoms with Gasteiger partial charge in [0.15, 0.2) is 11.6 Å². The lowest BCUT2D eigenvalue weighted by molar-refractivity contribution is -0.129. The number of rotatable bonds is 11. The molecule has 0 aliphatic carbocycles. The van der Waals surface area contributed by atoms with Crippen molar-refractivity contribution in [2.75, 3.05) is 13.2 Å². The van der Waals surface area contributed by atoms with E-state index in [1.165, 1.54) is 0 Å². The number of nitrogens with one attached hydrogen (secondary N) is 1. The molecule has 2 atom stereocenters. The Morgan fingerprint density at radius 3 is 2.28 bits per heavy atom. The SMILES string of the molecule is O=C(NCc1ccc(Cl)cc1Cl)[C@]1(Cc2ccc(Br)cc2)N=C(c2ccc(OCCCO)cc2)O[C@@H]1c1ccc(Br)cc1. The van der Waals surface area contributed by atoms with E-state index in [1.807, 2.05) is 72.8 Å². The van der Waals surface area contributed by atoms with Gasteiger partial charge in [0.25, 0.3) is 5.91 Å². The van der Waals surface area contributed by atoms with E-state index in [0.717, 1.165) is 25.6 Å². The van der Waals surface area contributed by atoms with Crippen molar-refractivity contribution in [1.29, 1.82) is 0 Å². The molecule has 4 aromatic rings. The Kier molecular flexibility index (Phi) is 10.5. The fraction of sp³-hybridized carbons (Fsp3) is 0.212. The maximum atomic E-state index is 14.4. The highest BCUT2D eigenvalue weighted by atomic mass is 79.9. The third kappa shape index (κ3) is 7.62. The van der Waals surface area contributed by atoms with E-state index in [2.05, 4.69) is 37.2 Å². The molecule has 0 unspecified atom stereocenters. The summed E-state index contributed by atoms with van der Waals surface area (Å²) in [6, 6.07) is 28.1. The first-order valence-corrected chi connectivity index (χ1v) is 15.9. The van der Waals surface area contributed by atoms with E-state index in [0.29, 0.717) is 40.3 Å². The van der Waals surface area contributed by atoms with E-state index in [4.69, 9.17) is 42.8 Å². The van der Waals surface area contributed by atoms with Gasteiger partial charge < -0.3 is 19.9 Å². The van der Waals surface area contributed by atoms with Crippen molar-refractivity contribution in [3.63, 3.8) is 0 Å². The largest absolute Gasteiger partial charge is 0.494 e. The predicted octanol–water partition coefficient (Wildman–Crippen LogP) is 8.10. The second kappa shape index (κ2) is 14.3. The summed E-state index contributed by atoms with van der Waals surface area (Å²) >= 11 is 19.5. The molecule has 10 heteroatoms. The third-order valence-corrected chi connectivity index (χ3v) is 8.69. The first-order valence-electron chi connectivity index (χ1n) is 13.6. The van der Waals surface area contributed by atoms with Crippen LogP contribution in [0.15, 0.2) is 105 Å². The summed E-state index contributed by atoms with van der Waals surface area (Å²) in [6.07, 6.45) is 0.106. The number of aliphatic imine (C=N–C) groups is 1. The van der Waals surface area contributed by atoms with E-state index in [-0.39, 0.29) is 25.5 Å². The number of carbonyl (C=O) groups is 1. The Morgan fingerprint density at radius 1 is 0.953 bits per heavy atom. The Morgan fingerprint density at radius 2 is 1.63 bits per heavy atom. The maximum Gasteiger partial charge on any atom is 0.252 e. The van der Waals surface area contributed by atoms with Crippen molar-refractivity contribution < 1.29 is 19.4 Å². The lowest BCUT2D eigenvalue weighted by atomic mass is 9.82. The molecule has 0 radical (unpaired) electrons. The molecular weight excluding hydrogens is 719 g/mol. The van der Waals surface area contributed by atoms with Crippen LogP contribution in [0.5, 0.6) is 5.75 Å². The molecule has 6 nitrogen and oxygen atoms in total. The van der Waals surface area contributed by atoms with Gasteiger partial charge in [-0.2, -0.15) is 0 Å². The summed E-state index contributed by atoms with van der Waals surface area (Å²) < 4.78 is 14.1. The normalized spacial score (nSPS) is 17.7. The van der Waals surface area contributed by atoms with E-state index < -0.39 is 11.6 Å². The molecule has 1 aliphatic rings. The molecule has 2 N–H and O–H groups in total. The highest BCUT2D eigenvalue weighted by Gasteiger charge is 2.53. The summed E-state index contributed by atoms with van der Waals surface area (Å²) in [5.74, 6) is 0.721. The summed E-state index contributed by atoms with van der Waals surface area (Å²) in [5.41, 5.74) is 1.83. The number of aliphatic hydroxyl groups excluding tert-OH is 1. The molecule has 0 bridgehead atoms. The monoisotopic (exact) mass is 744 g/mol. The molecule has 0 spiro atoms. The van der Waals surface area contributed by atoms with Crippen LogP contribution in [0, 0.1) is 0 Å². The van der Waals surface area contributed by atoms with Gasteiger partial charge >= 0.3 is 0 Å². The summed E-state index contributed by atoms with van der Waals surface area (Å²) in [5, 5.41) is 13.1. The quantitative estimate of drug-likeness (QED) is 0.152. The number of halogens is 4. The van der Waals surface area contributed by atoms with Gasteiger partial charge in [-0.05, 0) is 77.4 Å². The number of carbonyl (C=O) groups excluding carboxylic acids is 1. The average molecular weight is 747 g/mol. The number of aliphatic hydroxyl groups is 1. The fourth-order valence-electron chi connectivity index (χ4n) is 4.83. The highest BCUT2D eigenvalue weighted by Crippen LogP contribution is 2.43. The summed E-state index contributed by atoms with van der Waals surface area (Å²) in [4.78, 5) is 19.5. The number of hydrogen-bond acceptors (Lipinski definition) is 5. The van der Waals surface area contributed by atoms with E-state index in [9.17, 15) is 4.79 Å². The van der Waals surface area contributed by atoms with Crippen LogP contribution in [0.25, 0.3) is 0 Å². The number of amides is 1. The highest BCUT2D eigenvalue weighted by molar-refractivity contribution is 9.10. The van der Waals surface area contributed by atoms with Gasteiger partial charge in [-0.1, -0.05) is 85.4 Å². The van der Waals surface area contributed by atoms with Crippen LogP contribution in [0.4, 0.5) is 0 Å². The summed E-state index contributed by atoms with van der Waals surface area (Å²) in [7, 11) is 0. The van der Waals surface area contributed by atoms with Gasteiger partial charge in [-0.25, -0.2) is 4.99 Å². The number of nitrogens with zero attached hydrogens (tertiary/aromatic N) is 1. The zero-order valence-corrected chi connectivity index (χ0v) is 27.6. The lowest BCUT2D eigenvalue weighted by Gasteiger charge is -2.31. The Bertz CT molecular complexity index is 1600. The van der Waals surface area contributed by atoms with Crippen molar-refractivity contribution >= 4 is 66.9 Å². The van der Waals surface area contributed by atoms with Gasteiger partial charge in [0.1, 0.15) is 5.75 Å². The minimum atomic E-state index is -1.34. The van der Waals surface area contributed by atoms with Crippen LogP contribution in [0.1, 0.15) is 34.8 Å². The first-order chi connectivity index (χ1) is 20.8. The van der Waals surface area contributed by atoms with Crippen LogP contribution >= 0.6 is 55.1 Å². The number of ether oxygens (including phenoxy) is 2. The molecule has 1 heterocycles. The van der Waals surface area contributed by atoms with Gasteiger partial charge in [-0.15, -0.1) is 0 Å². The van der Waals surface area contributed by atoms with Gasteiger partial charge in [0.05, 0.1) is 6.61 Å². The standard InChI is InChI=1S/C33H28Br2Cl2N2O4/c34-25-9-2-21(3-10-25)19-33(32(41)38-20-24-6-13-27(36)18-29(24)37)30(22-4-11-26(35)12-5-22)43-31(39-33)23-7-14-28(15-8-23)42-17-1-16-40/h2-15,18,30,40H,1,16-17,19-20H2,(H,38,41)/t30-,33-/m1/s1. The lowest BCUT2D eigenvalue weighted by Crippen LogP contribution is -2.49. The Balaban J connectivity index is 1.55. The van der Waals surface area contributed by atoms with Crippen LogP contribution in [-0.4, -0.2) is 35.7 Å². The summed E-state index contributed by atoms with van der Waals surface area (Å²) in [6.45, 7) is 0.661. The van der Waals surface area contributed by atoms with Crippen molar-refractivity contribution in [3.05, 3.63) is 132 Å². The molecule has 0 aromatic heterocycles. The van der Waals surface area contributed by atoms with Crippen molar-refractivity contribution in [2.24, 2.45) is 4.99 Å². The minimum absolute atomic E-state index is 0.0624. The first kappa shape index (κ1) is 31.5.